The van der Waals surface area contributed by atoms with Gasteiger partial charge in [-0.05, 0) is 25.2 Å². The van der Waals surface area contributed by atoms with Crippen LogP contribution in [0.1, 0.15) is 46.0 Å². The average Bonchev–Trinajstić information content (AvgIpc) is 2.11. The number of carbonyl (C=O) groups excluding carboxylic acids is 2. The molecule has 88 valence electrons. The van der Waals surface area contributed by atoms with Gasteiger partial charge < -0.3 is 11.1 Å². The van der Waals surface area contributed by atoms with Crippen LogP contribution in [0.3, 0.4) is 0 Å². The van der Waals surface area contributed by atoms with Gasteiger partial charge in [0.05, 0.1) is 0 Å². The quantitative estimate of drug-likeness (QED) is 0.596. The average molecular weight is 214 g/mol. The van der Waals surface area contributed by atoms with Gasteiger partial charge in [-0.15, -0.1) is 0 Å². The molecule has 2 amide bonds. The van der Waals surface area contributed by atoms with Crippen molar-refractivity contribution in [1.82, 2.24) is 5.32 Å². The lowest BCUT2D eigenvalue weighted by Gasteiger charge is -2.06. The van der Waals surface area contributed by atoms with E-state index in [0.29, 0.717) is 25.2 Å². The Balaban J connectivity index is 3.30. The van der Waals surface area contributed by atoms with E-state index < -0.39 is 0 Å². The number of unbranched alkanes of at least 4 members (excludes halogenated alkanes) is 1. The summed E-state index contributed by atoms with van der Waals surface area (Å²) in [4.78, 5) is 21.7. The third kappa shape index (κ3) is 10.9. The van der Waals surface area contributed by atoms with Gasteiger partial charge in [-0.25, -0.2) is 0 Å². The Hall–Kier alpha value is -1.06. The van der Waals surface area contributed by atoms with Crippen LogP contribution in [0.25, 0.3) is 0 Å². The number of nitrogens with one attached hydrogen (secondary N) is 1. The summed E-state index contributed by atoms with van der Waals surface area (Å²) in [7, 11) is 0. The number of carbonyl (C=O) groups is 2. The van der Waals surface area contributed by atoms with Gasteiger partial charge in [0.15, 0.2) is 0 Å². The lowest BCUT2D eigenvalue weighted by Crippen LogP contribution is -2.25. The van der Waals surface area contributed by atoms with E-state index in [-0.39, 0.29) is 11.8 Å². The molecule has 0 aliphatic heterocycles. The van der Waals surface area contributed by atoms with Crippen LogP contribution < -0.4 is 11.1 Å². The molecule has 0 saturated heterocycles. The molecule has 0 atom stereocenters. The van der Waals surface area contributed by atoms with Crippen molar-refractivity contribution in [2.45, 2.75) is 46.0 Å². The molecular formula is C11H22N2O2. The Kier molecular flexibility index (Phi) is 7.68. The number of nitrogens with two attached hydrogens (primary N) is 1. The van der Waals surface area contributed by atoms with E-state index in [4.69, 9.17) is 5.73 Å². The monoisotopic (exact) mass is 214 g/mol. The van der Waals surface area contributed by atoms with Crippen LogP contribution in [-0.4, -0.2) is 18.4 Å². The molecular weight excluding hydrogens is 192 g/mol. The van der Waals surface area contributed by atoms with Crippen LogP contribution in [0.15, 0.2) is 0 Å². The molecule has 0 unspecified atom stereocenters. The van der Waals surface area contributed by atoms with Crippen molar-refractivity contribution in [3.63, 3.8) is 0 Å². The number of primary amides is 1. The second-order valence-corrected chi connectivity index (χ2v) is 4.21. The van der Waals surface area contributed by atoms with Crippen molar-refractivity contribution in [3.05, 3.63) is 0 Å². The molecule has 0 spiro atoms. The minimum absolute atomic E-state index is 0.0696. The first kappa shape index (κ1) is 13.9. The number of amides is 2. The maximum atomic E-state index is 11.2. The zero-order valence-electron chi connectivity index (χ0n) is 9.71. The standard InChI is InChI=1S/C11H22N2O2/c1-9(2)7-8-13-11(15)6-4-3-5-10(12)14/h9H,3-8H2,1-2H3,(H2,12,14)(H,13,15). The molecule has 0 saturated carbocycles. The van der Waals surface area contributed by atoms with Crippen molar-refractivity contribution >= 4 is 11.8 Å². The van der Waals surface area contributed by atoms with E-state index in [1.54, 1.807) is 0 Å². The largest absolute Gasteiger partial charge is 0.370 e. The maximum Gasteiger partial charge on any atom is 0.219 e. The molecule has 3 N–H and O–H groups in total. The Morgan fingerprint density at radius 1 is 1.20 bits per heavy atom. The molecule has 15 heavy (non-hydrogen) atoms. The Morgan fingerprint density at radius 3 is 2.33 bits per heavy atom. The van der Waals surface area contributed by atoms with Crippen LogP contribution in [0.5, 0.6) is 0 Å². The fraction of sp³-hybridized carbons (Fsp3) is 0.818. The van der Waals surface area contributed by atoms with Gasteiger partial charge in [0.25, 0.3) is 0 Å². The first-order valence-corrected chi connectivity index (χ1v) is 5.57. The van der Waals surface area contributed by atoms with E-state index in [1.165, 1.54) is 0 Å². The lowest BCUT2D eigenvalue weighted by molar-refractivity contribution is -0.122. The van der Waals surface area contributed by atoms with Crippen molar-refractivity contribution < 1.29 is 9.59 Å². The first-order chi connectivity index (χ1) is 7.02. The summed E-state index contributed by atoms with van der Waals surface area (Å²) in [5.74, 6) is 0.385. The van der Waals surface area contributed by atoms with Gasteiger partial charge in [-0.3, -0.25) is 9.59 Å². The van der Waals surface area contributed by atoms with Gasteiger partial charge >= 0.3 is 0 Å². The van der Waals surface area contributed by atoms with E-state index in [1.807, 2.05) is 0 Å². The molecule has 0 heterocycles. The Morgan fingerprint density at radius 2 is 1.80 bits per heavy atom. The minimum atomic E-state index is -0.296. The van der Waals surface area contributed by atoms with Crippen LogP contribution in [0.2, 0.25) is 0 Å². The highest BCUT2D eigenvalue weighted by molar-refractivity contribution is 5.76. The summed E-state index contributed by atoms with van der Waals surface area (Å²) in [6, 6.07) is 0. The number of hydrogen-bond acceptors (Lipinski definition) is 2. The van der Waals surface area contributed by atoms with Crippen LogP contribution in [0.4, 0.5) is 0 Å². The lowest BCUT2D eigenvalue weighted by atomic mass is 10.1. The van der Waals surface area contributed by atoms with Gasteiger partial charge in [-0.1, -0.05) is 13.8 Å². The SMILES string of the molecule is CC(C)CCNC(=O)CCCCC(N)=O. The highest BCUT2D eigenvalue weighted by atomic mass is 16.1. The molecule has 0 aliphatic carbocycles. The third-order valence-corrected chi connectivity index (χ3v) is 2.12. The second kappa shape index (κ2) is 8.26. The Bertz CT molecular complexity index is 203. The fourth-order valence-electron chi connectivity index (χ4n) is 1.17. The molecule has 0 rings (SSSR count). The molecule has 0 bridgehead atoms. The molecule has 0 aromatic rings. The maximum absolute atomic E-state index is 11.2. The summed E-state index contributed by atoms with van der Waals surface area (Å²) in [6.45, 7) is 4.99. The van der Waals surface area contributed by atoms with Crippen molar-refractivity contribution in [1.29, 1.82) is 0 Å². The topological polar surface area (TPSA) is 72.2 Å². The smallest absolute Gasteiger partial charge is 0.219 e. The number of rotatable bonds is 8. The van der Waals surface area contributed by atoms with E-state index in [2.05, 4.69) is 19.2 Å². The van der Waals surface area contributed by atoms with Crippen molar-refractivity contribution in [3.8, 4) is 0 Å². The van der Waals surface area contributed by atoms with E-state index >= 15 is 0 Å². The van der Waals surface area contributed by atoms with E-state index in [9.17, 15) is 9.59 Å². The summed E-state index contributed by atoms with van der Waals surface area (Å²) in [5.41, 5.74) is 4.98. The minimum Gasteiger partial charge on any atom is -0.370 e. The van der Waals surface area contributed by atoms with Gasteiger partial charge in [0.2, 0.25) is 11.8 Å². The molecule has 4 nitrogen and oxygen atoms in total. The molecule has 4 heteroatoms. The van der Waals surface area contributed by atoms with Gasteiger partial charge in [-0.2, -0.15) is 0 Å². The summed E-state index contributed by atoms with van der Waals surface area (Å²) in [6.07, 6.45) is 3.31. The third-order valence-electron chi connectivity index (χ3n) is 2.12. The highest BCUT2D eigenvalue weighted by Gasteiger charge is 2.02. The van der Waals surface area contributed by atoms with Gasteiger partial charge in [0, 0.05) is 19.4 Å². The summed E-state index contributed by atoms with van der Waals surface area (Å²) in [5, 5.41) is 2.85. The summed E-state index contributed by atoms with van der Waals surface area (Å²) < 4.78 is 0. The molecule has 0 aliphatic rings. The predicted octanol–water partition coefficient (Wildman–Crippen LogP) is 1.19. The Labute approximate surface area is 91.6 Å². The van der Waals surface area contributed by atoms with Crippen LogP contribution >= 0.6 is 0 Å². The molecule has 0 aromatic heterocycles. The summed E-state index contributed by atoms with van der Waals surface area (Å²) >= 11 is 0. The van der Waals surface area contributed by atoms with Crippen molar-refractivity contribution in [2.75, 3.05) is 6.54 Å². The van der Waals surface area contributed by atoms with Crippen molar-refractivity contribution in [2.24, 2.45) is 11.7 Å². The van der Waals surface area contributed by atoms with Crippen LogP contribution in [-0.2, 0) is 9.59 Å². The normalized spacial score (nSPS) is 10.3. The van der Waals surface area contributed by atoms with Gasteiger partial charge in [0.1, 0.15) is 0 Å². The van der Waals surface area contributed by atoms with Crippen LogP contribution in [0, 0.1) is 5.92 Å². The second-order valence-electron chi connectivity index (χ2n) is 4.21. The molecule has 0 fully saturated rings. The molecule has 0 radical (unpaired) electrons. The predicted molar refractivity (Wildman–Crippen MR) is 60.1 cm³/mol. The van der Waals surface area contributed by atoms with E-state index in [0.717, 1.165) is 19.4 Å². The zero-order valence-corrected chi connectivity index (χ0v) is 9.71. The fourth-order valence-corrected chi connectivity index (χ4v) is 1.17. The number of hydrogen-bond donors (Lipinski definition) is 2. The first-order valence-electron chi connectivity index (χ1n) is 5.57. The highest BCUT2D eigenvalue weighted by Crippen LogP contribution is 2.00. The molecule has 0 aromatic carbocycles. The zero-order chi connectivity index (χ0) is 11.7.